The first-order chi connectivity index (χ1) is 6.34. The lowest BCUT2D eigenvalue weighted by atomic mass is 9.92. The third-order valence-corrected chi connectivity index (χ3v) is 2.97. The molecule has 2 aliphatic rings. The highest BCUT2D eigenvalue weighted by molar-refractivity contribution is 4.85. The van der Waals surface area contributed by atoms with Crippen LogP contribution in [0.1, 0.15) is 39.5 Å². The molecule has 78 valence electrons. The van der Waals surface area contributed by atoms with Crippen LogP contribution in [0, 0.1) is 0 Å². The van der Waals surface area contributed by atoms with Crippen molar-refractivity contribution in [3.8, 4) is 0 Å². The van der Waals surface area contributed by atoms with Gasteiger partial charge >= 0.3 is 0 Å². The molecule has 0 radical (unpaired) electrons. The Bertz CT molecular complexity index is 132. The molecular weight excluding hydrogens is 160 g/mol. The highest BCUT2D eigenvalue weighted by Crippen LogP contribution is 2.20. The average molecular weight is 184 g/mol. The first kappa shape index (κ1) is 11.0. The molecule has 0 bridgehead atoms. The molecule has 1 unspecified atom stereocenters. The van der Waals surface area contributed by atoms with Crippen LogP contribution in [0.25, 0.3) is 0 Å². The minimum atomic E-state index is 0.797. The highest BCUT2D eigenvalue weighted by Gasteiger charge is 2.24. The summed E-state index contributed by atoms with van der Waals surface area (Å²) in [6.45, 7) is 6.54. The Morgan fingerprint density at radius 1 is 1.08 bits per heavy atom. The molecule has 13 heavy (non-hydrogen) atoms. The molecule has 0 amide bonds. The van der Waals surface area contributed by atoms with Crippen molar-refractivity contribution in [3.05, 3.63) is 0 Å². The van der Waals surface area contributed by atoms with Crippen molar-refractivity contribution >= 4 is 0 Å². The van der Waals surface area contributed by atoms with Crippen molar-refractivity contribution in [2.24, 2.45) is 0 Å². The molecular formula is C11H24N2. The van der Waals surface area contributed by atoms with E-state index >= 15 is 0 Å². The lowest BCUT2D eigenvalue weighted by molar-refractivity contribution is 0.299. The fourth-order valence-electron chi connectivity index (χ4n) is 1.98. The Balaban J connectivity index is 0.000000396. The lowest BCUT2D eigenvalue weighted by Gasteiger charge is -2.29. The van der Waals surface area contributed by atoms with Crippen LogP contribution in [0.3, 0.4) is 0 Å². The van der Waals surface area contributed by atoms with Gasteiger partial charge in [-0.3, -0.25) is 0 Å². The van der Waals surface area contributed by atoms with E-state index in [1.165, 1.54) is 38.8 Å². The Hall–Kier alpha value is -0.0800. The minimum absolute atomic E-state index is 0.797. The molecule has 1 atom stereocenters. The van der Waals surface area contributed by atoms with Gasteiger partial charge in [0.2, 0.25) is 0 Å². The van der Waals surface area contributed by atoms with Gasteiger partial charge in [-0.25, -0.2) is 0 Å². The van der Waals surface area contributed by atoms with E-state index in [4.69, 9.17) is 0 Å². The van der Waals surface area contributed by atoms with Crippen LogP contribution < -0.4 is 5.32 Å². The summed E-state index contributed by atoms with van der Waals surface area (Å²) in [5.41, 5.74) is 0. The lowest BCUT2D eigenvalue weighted by Crippen LogP contribution is -2.43. The smallest absolute Gasteiger partial charge is 0.0209 e. The Morgan fingerprint density at radius 2 is 1.77 bits per heavy atom. The molecule has 0 aromatic carbocycles. The fourth-order valence-corrected chi connectivity index (χ4v) is 1.98. The molecule has 1 heterocycles. The van der Waals surface area contributed by atoms with E-state index in [0.29, 0.717) is 0 Å². The van der Waals surface area contributed by atoms with Crippen molar-refractivity contribution in [2.75, 3.05) is 20.1 Å². The molecule has 1 saturated carbocycles. The predicted octanol–water partition coefficient (Wildman–Crippen LogP) is 1.86. The topological polar surface area (TPSA) is 15.3 Å². The molecule has 1 saturated heterocycles. The van der Waals surface area contributed by atoms with E-state index in [0.717, 1.165) is 12.1 Å². The minimum Gasteiger partial charge on any atom is -0.310 e. The predicted molar refractivity (Wildman–Crippen MR) is 58.0 cm³/mol. The monoisotopic (exact) mass is 184 g/mol. The van der Waals surface area contributed by atoms with Gasteiger partial charge in [0.25, 0.3) is 0 Å². The second-order valence-electron chi connectivity index (χ2n) is 4.04. The van der Waals surface area contributed by atoms with Crippen LogP contribution in [-0.2, 0) is 0 Å². The van der Waals surface area contributed by atoms with E-state index < -0.39 is 0 Å². The Morgan fingerprint density at radius 3 is 2.15 bits per heavy atom. The molecule has 1 N–H and O–H groups in total. The van der Waals surface area contributed by atoms with Gasteiger partial charge in [-0.15, -0.1) is 0 Å². The van der Waals surface area contributed by atoms with Crippen LogP contribution in [-0.4, -0.2) is 37.1 Å². The standard InChI is InChI=1S/C9H18N2.C2H6/c1-11-6-5-9(7-11)10-8-3-2-4-8;1-2/h8-10H,2-7H2,1H3;1-2H3. The van der Waals surface area contributed by atoms with Crippen LogP contribution in [0.5, 0.6) is 0 Å². The van der Waals surface area contributed by atoms with Crippen LogP contribution in [0.2, 0.25) is 0 Å². The number of hydrogen-bond donors (Lipinski definition) is 1. The van der Waals surface area contributed by atoms with Crippen molar-refractivity contribution < 1.29 is 0 Å². The maximum absolute atomic E-state index is 3.70. The average Bonchev–Trinajstić information content (AvgIpc) is 2.48. The van der Waals surface area contributed by atoms with Crippen molar-refractivity contribution in [1.29, 1.82) is 0 Å². The summed E-state index contributed by atoms with van der Waals surface area (Å²) >= 11 is 0. The molecule has 0 aromatic rings. The molecule has 2 rings (SSSR count). The Kier molecular flexibility index (Phi) is 4.74. The van der Waals surface area contributed by atoms with Gasteiger partial charge in [-0.1, -0.05) is 20.3 Å². The summed E-state index contributed by atoms with van der Waals surface area (Å²) in [6, 6.07) is 1.66. The zero-order valence-electron chi connectivity index (χ0n) is 9.34. The molecule has 2 fully saturated rings. The van der Waals surface area contributed by atoms with E-state index in [1.54, 1.807) is 0 Å². The van der Waals surface area contributed by atoms with Crippen LogP contribution in [0.15, 0.2) is 0 Å². The summed E-state index contributed by atoms with van der Waals surface area (Å²) in [6.07, 6.45) is 5.63. The maximum Gasteiger partial charge on any atom is 0.0209 e. The number of likely N-dealkylation sites (tertiary alicyclic amines) is 1. The highest BCUT2D eigenvalue weighted by atomic mass is 15.2. The first-order valence-electron chi connectivity index (χ1n) is 5.79. The van der Waals surface area contributed by atoms with Crippen LogP contribution >= 0.6 is 0 Å². The molecule has 0 aromatic heterocycles. The molecule has 0 spiro atoms. The third kappa shape index (κ3) is 3.28. The maximum atomic E-state index is 3.70. The summed E-state index contributed by atoms with van der Waals surface area (Å²) in [5.74, 6) is 0. The van der Waals surface area contributed by atoms with E-state index in [2.05, 4.69) is 17.3 Å². The van der Waals surface area contributed by atoms with Gasteiger partial charge in [0.1, 0.15) is 0 Å². The fraction of sp³-hybridized carbons (Fsp3) is 1.00. The van der Waals surface area contributed by atoms with Gasteiger partial charge in [0, 0.05) is 18.6 Å². The van der Waals surface area contributed by atoms with E-state index in [-0.39, 0.29) is 0 Å². The Labute approximate surface area is 82.7 Å². The van der Waals surface area contributed by atoms with E-state index in [9.17, 15) is 0 Å². The first-order valence-corrected chi connectivity index (χ1v) is 5.79. The van der Waals surface area contributed by atoms with Gasteiger partial charge in [-0.05, 0) is 32.9 Å². The van der Waals surface area contributed by atoms with Crippen molar-refractivity contribution in [3.63, 3.8) is 0 Å². The number of nitrogens with zero attached hydrogens (tertiary/aromatic N) is 1. The van der Waals surface area contributed by atoms with Gasteiger partial charge in [0.05, 0.1) is 0 Å². The SMILES string of the molecule is CC.CN1CCC(NC2CCC2)C1. The van der Waals surface area contributed by atoms with Crippen molar-refractivity contribution in [1.82, 2.24) is 10.2 Å². The third-order valence-electron chi connectivity index (χ3n) is 2.97. The zero-order chi connectivity index (χ0) is 9.68. The largest absolute Gasteiger partial charge is 0.310 e. The van der Waals surface area contributed by atoms with Crippen LogP contribution in [0.4, 0.5) is 0 Å². The van der Waals surface area contributed by atoms with E-state index in [1.807, 2.05) is 13.8 Å². The van der Waals surface area contributed by atoms with Gasteiger partial charge < -0.3 is 10.2 Å². The second-order valence-corrected chi connectivity index (χ2v) is 4.04. The summed E-state index contributed by atoms with van der Waals surface area (Å²) in [4.78, 5) is 2.41. The number of rotatable bonds is 2. The quantitative estimate of drug-likeness (QED) is 0.704. The normalized spacial score (nSPS) is 29.3. The second kappa shape index (κ2) is 5.61. The van der Waals surface area contributed by atoms with Gasteiger partial charge in [-0.2, -0.15) is 0 Å². The zero-order valence-corrected chi connectivity index (χ0v) is 9.34. The number of hydrogen-bond acceptors (Lipinski definition) is 2. The summed E-state index contributed by atoms with van der Waals surface area (Å²) in [7, 11) is 2.21. The molecule has 2 nitrogen and oxygen atoms in total. The van der Waals surface area contributed by atoms with Gasteiger partial charge in [0.15, 0.2) is 0 Å². The number of nitrogens with one attached hydrogen (secondary N) is 1. The summed E-state index contributed by atoms with van der Waals surface area (Å²) < 4.78 is 0. The molecule has 1 aliphatic heterocycles. The number of likely N-dealkylation sites (N-methyl/N-ethyl adjacent to an activating group) is 1. The molecule has 2 heteroatoms. The molecule has 1 aliphatic carbocycles. The summed E-state index contributed by atoms with van der Waals surface area (Å²) in [5, 5.41) is 3.70. The van der Waals surface area contributed by atoms with Crippen molar-refractivity contribution in [2.45, 2.75) is 51.6 Å².